The minimum Gasteiger partial charge on any atom is -0.497 e. The van der Waals surface area contributed by atoms with E-state index in [2.05, 4.69) is 29.4 Å². The van der Waals surface area contributed by atoms with Crippen LogP contribution in [0.4, 0.5) is 0 Å². The fourth-order valence-electron chi connectivity index (χ4n) is 1.85. The molecule has 2 N–H and O–H groups in total. The van der Waals surface area contributed by atoms with E-state index in [1.165, 1.54) is 0 Å². The van der Waals surface area contributed by atoms with E-state index in [0.717, 1.165) is 35.3 Å². The molecule has 2 aromatic rings. The molecule has 0 fully saturated rings. The van der Waals surface area contributed by atoms with Gasteiger partial charge in [-0.05, 0) is 18.2 Å². The molecule has 0 aliphatic rings. The van der Waals surface area contributed by atoms with Crippen LogP contribution in [0.2, 0.25) is 0 Å². The predicted molar refractivity (Wildman–Crippen MR) is 69.5 cm³/mol. The van der Waals surface area contributed by atoms with Gasteiger partial charge in [0.15, 0.2) is 0 Å². The minimum atomic E-state index is 0.513. The largest absolute Gasteiger partial charge is 0.497 e. The van der Waals surface area contributed by atoms with Crippen LogP contribution in [0.5, 0.6) is 5.75 Å². The Morgan fingerprint density at radius 1 is 1.41 bits per heavy atom. The van der Waals surface area contributed by atoms with Gasteiger partial charge in [-0.15, -0.1) is 0 Å². The molecule has 0 saturated carbocycles. The topological polar surface area (TPSA) is 49.9 Å². The second kappa shape index (κ2) is 5.19. The first kappa shape index (κ1) is 11.9. The van der Waals surface area contributed by atoms with Crippen molar-refractivity contribution >= 4 is 10.9 Å². The molecule has 0 unspecified atom stereocenters. The van der Waals surface area contributed by atoms with Crippen molar-refractivity contribution in [1.29, 1.82) is 0 Å². The Bertz CT molecular complexity index is 490. The SMILES string of the molecule is COc1ccc2n[nH]c(CCNC(C)C)c2c1. The first-order valence-corrected chi connectivity index (χ1v) is 5.95. The second-order valence-corrected chi connectivity index (χ2v) is 4.44. The molecule has 2 rings (SSSR count). The Hall–Kier alpha value is -1.55. The summed E-state index contributed by atoms with van der Waals surface area (Å²) in [5.41, 5.74) is 2.15. The highest BCUT2D eigenvalue weighted by Gasteiger charge is 2.06. The lowest BCUT2D eigenvalue weighted by atomic mass is 10.1. The van der Waals surface area contributed by atoms with E-state index >= 15 is 0 Å². The second-order valence-electron chi connectivity index (χ2n) is 4.44. The first-order chi connectivity index (χ1) is 8.20. The van der Waals surface area contributed by atoms with Gasteiger partial charge in [0.2, 0.25) is 0 Å². The molecule has 0 saturated heterocycles. The van der Waals surface area contributed by atoms with Gasteiger partial charge in [0.25, 0.3) is 0 Å². The van der Waals surface area contributed by atoms with Gasteiger partial charge in [0, 0.05) is 30.1 Å². The van der Waals surface area contributed by atoms with Crippen LogP contribution in [0, 0.1) is 0 Å². The number of nitrogens with one attached hydrogen (secondary N) is 2. The van der Waals surface area contributed by atoms with Crippen LogP contribution in [0.15, 0.2) is 18.2 Å². The molecule has 4 nitrogen and oxygen atoms in total. The van der Waals surface area contributed by atoms with Crippen molar-refractivity contribution in [3.05, 3.63) is 23.9 Å². The molecule has 0 radical (unpaired) electrons. The average molecular weight is 233 g/mol. The van der Waals surface area contributed by atoms with Crippen LogP contribution in [0.3, 0.4) is 0 Å². The Morgan fingerprint density at radius 2 is 2.24 bits per heavy atom. The molecular weight excluding hydrogens is 214 g/mol. The van der Waals surface area contributed by atoms with Gasteiger partial charge >= 0.3 is 0 Å². The van der Waals surface area contributed by atoms with Crippen molar-refractivity contribution in [2.24, 2.45) is 0 Å². The maximum atomic E-state index is 5.23. The van der Waals surface area contributed by atoms with E-state index in [9.17, 15) is 0 Å². The Balaban J connectivity index is 2.16. The maximum Gasteiger partial charge on any atom is 0.119 e. The molecule has 4 heteroatoms. The standard InChI is InChI=1S/C13H19N3O/c1-9(2)14-7-6-13-11-8-10(17-3)4-5-12(11)15-16-13/h4-5,8-9,14H,6-7H2,1-3H3,(H,15,16). The lowest BCUT2D eigenvalue weighted by molar-refractivity contribution is 0.415. The van der Waals surface area contributed by atoms with E-state index in [-0.39, 0.29) is 0 Å². The van der Waals surface area contributed by atoms with Crippen LogP contribution in [0.1, 0.15) is 19.5 Å². The van der Waals surface area contributed by atoms with Crippen LogP contribution in [0.25, 0.3) is 10.9 Å². The van der Waals surface area contributed by atoms with Gasteiger partial charge in [0.1, 0.15) is 5.75 Å². The van der Waals surface area contributed by atoms with Crippen LogP contribution < -0.4 is 10.1 Å². The van der Waals surface area contributed by atoms with Gasteiger partial charge < -0.3 is 10.1 Å². The number of aromatic amines is 1. The molecule has 0 atom stereocenters. The molecule has 1 heterocycles. The number of hydrogen-bond donors (Lipinski definition) is 2. The van der Waals surface area contributed by atoms with Crippen LogP contribution in [-0.2, 0) is 6.42 Å². The number of fused-ring (bicyclic) bond motifs is 1. The Kier molecular flexibility index (Phi) is 3.64. The Labute approximate surface area is 101 Å². The van der Waals surface area contributed by atoms with E-state index in [1.54, 1.807) is 7.11 Å². The molecule has 1 aromatic heterocycles. The third-order valence-corrected chi connectivity index (χ3v) is 2.77. The number of benzene rings is 1. The molecule has 0 aliphatic heterocycles. The monoisotopic (exact) mass is 233 g/mol. The summed E-state index contributed by atoms with van der Waals surface area (Å²) < 4.78 is 5.23. The van der Waals surface area contributed by atoms with E-state index < -0.39 is 0 Å². The van der Waals surface area contributed by atoms with Crippen molar-refractivity contribution in [3.8, 4) is 5.75 Å². The lowest BCUT2D eigenvalue weighted by Gasteiger charge is -2.06. The zero-order chi connectivity index (χ0) is 12.3. The summed E-state index contributed by atoms with van der Waals surface area (Å²) in [6.45, 7) is 5.24. The number of aromatic nitrogens is 2. The summed E-state index contributed by atoms with van der Waals surface area (Å²) in [4.78, 5) is 0. The summed E-state index contributed by atoms with van der Waals surface area (Å²) >= 11 is 0. The van der Waals surface area contributed by atoms with Gasteiger partial charge in [-0.3, -0.25) is 5.10 Å². The normalized spacial score (nSPS) is 11.3. The number of hydrogen-bond acceptors (Lipinski definition) is 3. The average Bonchev–Trinajstić information content (AvgIpc) is 2.71. The zero-order valence-electron chi connectivity index (χ0n) is 10.6. The van der Waals surface area contributed by atoms with Crippen molar-refractivity contribution in [2.75, 3.05) is 13.7 Å². The van der Waals surface area contributed by atoms with Gasteiger partial charge in [-0.25, -0.2) is 0 Å². The van der Waals surface area contributed by atoms with Gasteiger partial charge in [-0.1, -0.05) is 13.8 Å². The fraction of sp³-hybridized carbons (Fsp3) is 0.462. The van der Waals surface area contributed by atoms with Crippen molar-refractivity contribution in [2.45, 2.75) is 26.3 Å². The zero-order valence-corrected chi connectivity index (χ0v) is 10.6. The molecular formula is C13H19N3O. The third kappa shape index (κ3) is 2.77. The van der Waals surface area contributed by atoms with Crippen molar-refractivity contribution in [1.82, 2.24) is 15.5 Å². The number of ether oxygens (including phenoxy) is 1. The number of H-pyrrole nitrogens is 1. The summed E-state index contributed by atoms with van der Waals surface area (Å²) in [7, 11) is 1.68. The molecule has 1 aromatic carbocycles. The quantitative estimate of drug-likeness (QED) is 0.831. The van der Waals surface area contributed by atoms with Crippen molar-refractivity contribution in [3.63, 3.8) is 0 Å². The molecule has 0 amide bonds. The van der Waals surface area contributed by atoms with Crippen LogP contribution >= 0.6 is 0 Å². The number of nitrogens with zero attached hydrogens (tertiary/aromatic N) is 1. The summed E-state index contributed by atoms with van der Waals surface area (Å²) in [5, 5.41) is 11.9. The lowest BCUT2D eigenvalue weighted by Crippen LogP contribution is -2.25. The number of methoxy groups -OCH3 is 1. The summed E-state index contributed by atoms with van der Waals surface area (Å²) in [5.74, 6) is 0.872. The minimum absolute atomic E-state index is 0.513. The molecule has 0 spiro atoms. The molecule has 0 bridgehead atoms. The third-order valence-electron chi connectivity index (χ3n) is 2.77. The fourth-order valence-corrected chi connectivity index (χ4v) is 1.85. The van der Waals surface area contributed by atoms with E-state index in [1.807, 2.05) is 18.2 Å². The highest BCUT2D eigenvalue weighted by molar-refractivity contribution is 5.82. The molecule has 92 valence electrons. The van der Waals surface area contributed by atoms with E-state index in [4.69, 9.17) is 4.74 Å². The highest BCUT2D eigenvalue weighted by atomic mass is 16.5. The smallest absolute Gasteiger partial charge is 0.119 e. The van der Waals surface area contributed by atoms with E-state index in [0.29, 0.717) is 6.04 Å². The van der Waals surface area contributed by atoms with Crippen molar-refractivity contribution < 1.29 is 4.74 Å². The van der Waals surface area contributed by atoms with Gasteiger partial charge in [-0.2, -0.15) is 5.10 Å². The number of rotatable bonds is 5. The first-order valence-electron chi connectivity index (χ1n) is 5.95. The predicted octanol–water partition coefficient (Wildman–Crippen LogP) is 2.11. The Morgan fingerprint density at radius 3 is 2.94 bits per heavy atom. The van der Waals surface area contributed by atoms with Crippen LogP contribution in [-0.4, -0.2) is 29.9 Å². The van der Waals surface area contributed by atoms with Gasteiger partial charge in [0.05, 0.1) is 12.6 Å². The summed E-state index contributed by atoms with van der Waals surface area (Å²) in [6, 6.07) is 6.45. The molecule has 0 aliphatic carbocycles. The highest BCUT2D eigenvalue weighted by Crippen LogP contribution is 2.21. The molecule has 17 heavy (non-hydrogen) atoms. The summed E-state index contributed by atoms with van der Waals surface area (Å²) in [6.07, 6.45) is 0.946. The maximum absolute atomic E-state index is 5.23.